The van der Waals surface area contributed by atoms with Gasteiger partial charge in [0.05, 0.1) is 0 Å². The van der Waals surface area contributed by atoms with Crippen LogP contribution in [-0.4, -0.2) is 17.7 Å². The lowest BCUT2D eigenvalue weighted by Crippen LogP contribution is -2.40. The molecule has 1 unspecified atom stereocenters. The van der Waals surface area contributed by atoms with E-state index >= 15 is 0 Å². The van der Waals surface area contributed by atoms with E-state index in [1.54, 1.807) is 0 Å². The van der Waals surface area contributed by atoms with Gasteiger partial charge >= 0.3 is 0 Å². The van der Waals surface area contributed by atoms with Crippen molar-refractivity contribution in [2.75, 3.05) is 5.75 Å². The standard InChI is InChI=1S/C12H23NOS/c1-2-11(13-12(14)8-9-15)10-6-4-3-5-7-10/h10-11,15H,2-9H2,1H3,(H,13,14). The molecule has 0 saturated heterocycles. The summed E-state index contributed by atoms with van der Waals surface area (Å²) < 4.78 is 0. The van der Waals surface area contributed by atoms with Gasteiger partial charge in [0.15, 0.2) is 0 Å². The summed E-state index contributed by atoms with van der Waals surface area (Å²) >= 11 is 4.08. The van der Waals surface area contributed by atoms with Crippen LogP contribution in [0.15, 0.2) is 0 Å². The maximum Gasteiger partial charge on any atom is 0.221 e. The Hall–Kier alpha value is -0.180. The van der Waals surface area contributed by atoms with Crippen LogP contribution in [0.1, 0.15) is 51.9 Å². The largest absolute Gasteiger partial charge is 0.353 e. The molecule has 0 aromatic carbocycles. The second-order valence-electron chi connectivity index (χ2n) is 4.45. The van der Waals surface area contributed by atoms with Crippen molar-refractivity contribution in [2.24, 2.45) is 5.92 Å². The molecular weight excluding hydrogens is 206 g/mol. The Morgan fingerprint density at radius 2 is 2.07 bits per heavy atom. The van der Waals surface area contributed by atoms with Crippen LogP contribution in [0.2, 0.25) is 0 Å². The highest BCUT2D eigenvalue weighted by atomic mass is 32.1. The molecule has 1 fully saturated rings. The molecule has 0 bridgehead atoms. The molecule has 0 heterocycles. The minimum Gasteiger partial charge on any atom is -0.353 e. The molecule has 1 aliphatic rings. The normalized spacial score (nSPS) is 19.9. The second-order valence-corrected chi connectivity index (χ2v) is 4.90. The van der Waals surface area contributed by atoms with Gasteiger partial charge in [0.1, 0.15) is 0 Å². The number of carbonyl (C=O) groups is 1. The molecular formula is C12H23NOS. The molecule has 15 heavy (non-hydrogen) atoms. The Balaban J connectivity index is 2.36. The van der Waals surface area contributed by atoms with Crippen molar-refractivity contribution in [3.63, 3.8) is 0 Å². The summed E-state index contributed by atoms with van der Waals surface area (Å²) in [6, 6.07) is 0.401. The topological polar surface area (TPSA) is 29.1 Å². The summed E-state index contributed by atoms with van der Waals surface area (Å²) in [7, 11) is 0. The van der Waals surface area contributed by atoms with Gasteiger partial charge in [-0.3, -0.25) is 4.79 Å². The molecule has 3 heteroatoms. The van der Waals surface area contributed by atoms with Crippen LogP contribution in [0.5, 0.6) is 0 Å². The number of carbonyl (C=O) groups excluding carboxylic acids is 1. The van der Waals surface area contributed by atoms with Gasteiger partial charge in [0.25, 0.3) is 0 Å². The van der Waals surface area contributed by atoms with Crippen LogP contribution < -0.4 is 5.32 Å². The Bertz CT molecular complexity index is 190. The van der Waals surface area contributed by atoms with E-state index < -0.39 is 0 Å². The van der Waals surface area contributed by atoms with E-state index in [1.165, 1.54) is 32.1 Å². The molecule has 0 radical (unpaired) electrons. The SMILES string of the molecule is CCC(NC(=O)CCS)C1CCCCC1. The first-order chi connectivity index (χ1) is 7.27. The number of hydrogen-bond acceptors (Lipinski definition) is 2. The van der Waals surface area contributed by atoms with Crippen molar-refractivity contribution in [1.82, 2.24) is 5.32 Å². The van der Waals surface area contributed by atoms with E-state index in [0.29, 0.717) is 24.1 Å². The smallest absolute Gasteiger partial charge is 0.221 e. The van der Waals surface area contributed by atoms with Gasteiger partial charge in [-0.1, -0.05) is 26.2 Å². The number of hydrogen-bond donors (Lipinski definition) is 2. The third kappa shape index (κ3) is 4.45. The number of rotatable bonds is 5. The highest BCUT2D eigenvalue weighted by Crippen LogP contribution is 2.27. The molecule has 1 amide bonds. The van der Waals surface area contributed by atoms with E-state index in [2.05, 4.69) is 24.9 Å². The molecule has 88 valence electrons. The third-order valence-electron chi connectivity index (χ3n) is 3.34. The third-order valence-corrected chi connectivity index (χ3v) is 3.57. The van der Waals surface area contributed by atoms with Crippen LogP contribution in [0, 0.1) is 5.92 Å². The number of thiol groups is 1. The summed E-state index contributed by atoms with van der Waals surface area (Å²) in [5.41, 5.74) is 0. The molecule has 1 rings (SSSR count). The average Bonchev–Trinajstić information content (AvgIpc) is 2.27. The van der Waals surface area contributed by atoms with E-state index in [-0.39, 0.29) is 5.91 Å². The van der Waals surface area contributed by atoms with Crippen molar-refractivity contribution in [3.05, 3.63) is 0 Å². The lowest BCUT2D eigenvalue weighted by Gasteiger charge is -2.30. The Kier molecular flexibility index (Phi) is 6.15. The maximum atomic E-state index is 11.5. The van der Waals surface area contributed by atoms with E-state index in [4.69, 9.17) is 0 Å². The van der Waals surface area contributed by atoms with Crippen LogP contribution >= 0.6 is 12.6 Å². The van der Waals surface area contributed by atoms with Crippen molar-refractivity contribution in [2.45, 2.75) is 57.9 Å². The number of nitrogens with one attached hydrogen (secondary N) is 1. The fourth-order valence-electron chi connectivity index (χ4n) is 2.47. The average molecular weight is 229 g/mol. The Morgan fingerprint density at radius 3 is 2.60 bits per heavy atom. The quantitative estimate of drug-likeness (QED) is 0.697. The van der Waals surface area contributed by atoms with Crippen molar-refractivity contribution >= 4 is 18.5 Å². The van der Waals surface area contributed by atoms with Gasteiger partial charge in [0, 0.05) is 12.5 Å². The van der Waals surface area contributed by atoms with Crippen LogP contribution in [0.3, 0.4) is 0 Å². The predicted octanol–water partition coefficient (Wildman–Crippen LogP) is 2.78. The fourth-order valence-corrected chi connectivity index (χ4v) is 2.67. The highest BCUT2D eigenvalue weighted by Gasteiger charge is 2.23. The van der Waals surface area contributed by atoms with Gasteiger partial charge in [-0.2, -0.15) is 12.6 Å². The summed E-state index contributed by atoms with van der Waals surface area (Å²) in [6.45, 7) is 2.17. The molecule has 0 spiro atoms. The number of amides is 1. The molecule has 0 aliphatic heterocycles. The van der Waals surface area contributed by atoms with E-state index in [1.807, 2.05) is 0 Å². The monoisotopic (exact) mass is 229 g/mol. The molecule has 1 N–H and O–H groups in total. The first-order valence-electron chi connectivity index (χ1n) is 6.18. The fraction of sp³-hybridized carbons (Fsp3) is 0.917. The van der Waals surface area contributed by atoms with E-state index in [0.717, 1.165) is 6.42 Å². The summed E-state index contributed by atoms with van der Waals surface area (Å²) in [5, 5.41) is 3.15. The van der Waals surface area contributed by atoms with Gasteiger partial charge in [0.2, 0.25) is 5.91 Å². The predicted molar refractivity (Wildman–Crippen MR) is 67.3 cm³/mol. The first kappa shape index (κ1) is 12.9. The van der Waals surface area contributed by atoms with Gasteiger partial charge in [-0.15, -0.1) is 0 Å². The molecule has 0 aromatic heterocycles. The maximum absolute atomic E-state index is 11.5. The van der Waals surface area contributed by atoms with Crippen molar-refractivity contribution in [3.8, 4) is 0 Å². The van der Waals surface area contributed by atoms with Crippen LogP contribution in [0.4, 0.5) is 0 Å². The highest BCUT2D eigenvalue weighted by molar-refractivity contribution is 7.80. The first-order valence-corrected chi connectivity index (χ1v) is 6.81. The minimum absolute atomic E-state index is 0.169. The Morgan fingerprint density at radius 1 is 1.40 bits per heavy atom. The van der Waals surface area contributed by atoms with Crippen molar-refractivity contribution in [1.29, 1.82) is 0 Å². The minimum atomic E-state index is 0.169. The molecule has 1 aliphatic carbocycles. The molecule has 2 nitrogen and oxygen atoms in total. The van der Waals surface area contributed by atoms with E-state index in [9.17, 15) is 4.79 Å². The summed E-state index contributed by atoms with van der Waals surface area (Å²) in [5.74, 6) is 1.53. The van der Waals surface area contributed by atoms with Crippen LogP contribution in [-0.2, 0) is 4.79 Å². The molecule has 0 aromatic rings. The lowest BCUT2D eigenvalue weighted by atomic mass is 9.83. The summed E-state index contributed by atoms with van der Waals surface area (Å²) in [4.78, 5) is 11.5. The molecule has 1 atom stereocenters. The zero-order valence-electron chi connectivity index (χ0n) is 9.67. The van der Waals surface area contributed by atoms with Crippen LogP contribution in [0.25, 0.3) is 0 Å². The van der Waals surface area contributed by atoms with Gasteiger partial charge < -0.3 is 5.32 Å². The van der Waals surface area contributed by atoms with Gasteiger partial charge in [-0.05, 0) is 30.9 Å². The zero-order chi connectivity index (χ0) is 11.1. The lowest BCUT2D eigenvalue weighted by molar-refractivity contribution is -0.121. The summed E-state index contributed by atoms with van der Waals surface area (Å²) in [6.07, 6.45) is 8.24. The second kappa shape index (κ2) is 7.15. The zero-order valence-corrected chi connectivity index (χ0v) is 10.6. The van der Waals surface area contributed by atoms with Gasteiger partial charge in [-0.25, -0.2) is 0 Å². The Labute approximate surface area is 98.6 Å². The van der Waals surface area contributed by atoms with Crippen molar-refractivity contribution < 1.29 is 4.79 Å². The molecule has 1 saturated carbocycles.